The molecule has 1 heterocycles. The SMILES string of the molecule is O=C(NCCCCCCOP(=O)(O)CP(=O)(O)n1ccnc1)OCC1c2ccccc2-c2ccccc21. The van der Waals surface area contributed by atoms with Crippen LogP contribution in [0.25, 0.3) is 11.1 Å². The number of benzene rings is 2. The van der Waals surface area contributed by atoms with Crippen molar-refractivity contribution in [2.24, 2.45) is 0 Å². The van der Waals surface area contributed by atoms with Crippen LogP contribution in [0.5, 0.6) is 0 Å². The highest BCUT2D eigenvalue weighted by molar-refractivity contribution is 7.72. The van der Waals surface area contributed by atoms with Gasteiger partial charge in [-0.1, -0.05) is 61.4 Å². The lowest BCUT2D eigenvalue weighted by Gasteiger charge is -2.17. The number of amides is 1. The Morgan fingerprint density at radius 3 is 2.27 bits per heavy atom. The summed E-state index contributed by atoms with van der Waals surface area (Å²) in [5, 5.41) is 2.77. The number of carbonyl (C=O) groups excluding carboxylic acids is 1. The zero-order valence-corrected chi connectivity index (χ0v) is 22.1. The summed E-state index contributed by atoms with van der Waals surface area (Å²) in [4.78, 5) is 35.7. The number of imidazole rings is 1. The zero-order chi connectivity index (χ0) is 26.3. The number of carbonyl (C=O) groups is 1. The van der Waals surface area contributed by atoms with Gasteiger partial charge in [0.05, 0.1) is 6.61 Å². The minimum absolute atomic E-state index is 0.00247. The molecule has 0 bridgehead atoms. The van der Waals surface area contributed by atoms with Gasteiger partial charge in [0.1, 0.15) is 18.8 Å². The lowest BCUT2D eigenvalue weighted by molar-refractivity contribution is 0.143. The zero-order valence-electron chi connectivity index (χ0n) is 20.3. The third-order valence-electron chi connectivity index (χ3n) is 6.19. The standard InChI is InChI=1S/C25H31N3O7P2/c29-25(34-17-24-22-11-5-3-9-20(22)21-10-4-6-12-23(21)24)27-13-7-1-2-8-16-35-37(32,33)19-36(30,31)28-15-14-26-18-28/h3-6,9-12,14-15,18,24H,1-2,7-8,13,16-17,19H2,(H,27,29)(H,30,31)(H,32,33). The number of hydrogen-bond acceptors (Lipinski definition) is 6. The van der Waals surface area contributed by atoms with Crippen molar-refractivity contribution in [1.29, 1.82) is 0 Å². The molecule has 37 heavy (non-hydrogen) atoms. The Labute approximate surface area is 215 Å². The molecule has 3 aromatic rings. The maximum absolute atomic E-state index is 12.2. The Morgan fingerprint density at radius 1 is 0.973 bits per heavy atom. The average Bonchev–Trinajstić information content (AvgIpc) is 3.51. The molecule has 0 radical (unpaired) electrons. The number of unbranched alkanes of at least 4 members (excludes halogenated alkanes) is 3. The molecule has 2 unspecified atom stereocenters. The minimum Gasteiger partial charge on any atom is -0.449 e. The molecule has 0 spiro atoms. The van der Waals surface area contributed by atoms with Crippen LogP contribution in [0.1, 0.15) is 42.7 Å². The molecule has 1 aromatic heterocycles. The van der Waals surface area contributed by atoms with E-state index in [1.54, 1.807) is 0 Å². The maximum atomic E-state index is 12.2. The Bertz CT molecular complexity index is 1250. The van der Waals surface area contributed by atoms with E-state index in [2.05, 4.69) is 34.6 Å². The molecular weight excluding hydrogens is 516 g/mol. The van der Waals surface area contributed by atoms with Gasteiger partial charge in [-0.25, -0.2) is 9.78 Å². The van der Waals surface area contributed by atoms with Gasteiger partial charge in [-0.15, -0.1) is 0 Å². The summed E-state index contributed by atoms with van der Waals surface area (Å²) in [5.41, 5.74) is 4.68. The summed E-state index contributed by atoms with van der Waals surface area (Å²) in [6.45, 7) is 0.714. The van der Waals surface area contributed by atoms with E-state index in [9.17, 15) is 23.7 Å². The molecule has 4 rings (SSSR count). The molecular formula is C25H31N3O7P2. The second-order valence-corrected chi connectivity index (χ2v) is 13.3. The van der Waals surface area contributed by atoms with Gasteiger partial charge < -0.3 is 24.4 Å². The Kier molecular flexibility index (Phi) is 9.00. The van der Waals surface area contributed by atoms with Gasteiger partial charge in [-0.3, -0.25) is 13.5 Å². The predicted octanol–water partition coefficient (Wildman–Crippen LogP) is 5.18. The van der Waals surface area contributed by atoms with Gasteiger partial charge in [-0.2, -0.15) is 0 Å². The van der Waals surface area contributed by atoms with Crippen molar-refractivity contribution in [1.82, 2.24) is 14.6 Å². The number of nitrogens with zero attached hydrogens (tertiary/aromatic N) is 2. The number of nitrogens with one attached hydrogen (secondary N) is 1. The topological polar surface area (TPSA) is 140 Å². The predicted molar refractivity (Wildman–Crippen MR) is 140 cm³/mol. The first-order chi connectivity index (χ1) is 17.8. The molecule has 3 N–H and O–H groups in total. The fourth-order valence-corrected chi connectivity index (χ4v) is 8.09. The van der Waals surface area contributed by atoms with E-state index >= 15 is 0 Å². The lowest BCUT2D eigenvalue weighted by atomic mass is 9.98. The molecule has 0 saturated heterocycles. The normalized spacial score (nSPS) is 15.8. The van der Waals surface area contributed by atoms with Crippen molar-refractivity contribution >= 4 is 21.2 Å². The van der Waals surface area contributed by atoms with Crippen molar-refractivity contribution < 1.29 is 33.0 Å². The van der Waals surface area contributed by atoms with Crippen molar-refractivity contribution in [3.8, 4) is 11.1 Å². The Hall–Kier alpha value is -2.74. The second-order valence-electron chi connectivity index (χ2n) is 8.89. The fourth-order valence-electron chi connectivity index (χ4n) is 4.41. The maximum Gasteiger partial charge on any atom is 0.407 e. The second kappa shape index (κ2) is 12.2. The van der Waals surface area contributed by atoms with Gasteiger partial charge in [-0.05, 0) is 35.1 Å². The molecule has 2 atom stereocenters. The van der Waals surface area contributed by atoms with Crippen LogP contribution in [-0.2, 0) is 18.4 Å². The molecule has 2 aromatic carbocycles. The highest BCUT2D eigenvalue weighted by Gasteiger charge is 2.34. The van der Waals surface area contributed by atoms with Crippen LogP contribution in [0.15, 0.2) is 67.3 Å². The Morgan fingerprint density at radius 2 is 1.62 bits per heavy atom. The van der Waals surface area contributed by atoms with Crippen molar-refractivity contribution in [2.45, 2.75) is 31.6 Å². The third kappa shape index (κ3) is 7.18. The highest BCUT2D eigenvalue weighted by atomic mass is 31.2. The van der Waals surface area contributed by atoms with Crippen LogP contribution in [-0.4, -0.2) is 50.9 Å². The molecule has 12 heteroatoms. The van der Waals surface area contributed by atoms with E-state index in [0.29, 0.717) is 25.8 Å². The molecule has 1 aliphatic rings. The molecule has 0 aliphatic heterocycles. The summed E-state index contributed by atoms with van der Waals surface area (Å²) in [7, 11) is -8.30. The van der Waals surface area contributed by atoms with Crippen LogP contribution >= 0.6 is 15.1 Å². The van der Waals surface area contributed by atoms with E-state index in [0.717, 1.165) is 28.2 Å². The van der Waals surface area contributed by atoms with Crippen LogP contribution < -0.4 is 5.32 Å². The summed E-state index contributed by atoms with van der Waals surface area (Å²) in [6.07, 6.45) is 5.95. The number of hydrogen-bond donors (Lipinski definition) is 3. The van der Waals surface area contributed by atoms with Crippen molar-refractivity contribution in [3.63, 3.8) is 0 Å². The number of rotatable bonds is 13. The van der Waals surface area contributed by atoms with E-state index in [4.69, 9.17) is 9.26 Å². The molecule has 10 nitrogen and oxygen atoms in total. The van der Waals surface area contributed by atoms with E-state index < -0.39 is 27.1 Å². The minimum atomic E-state index is -4.22. The first kappa shape index (κ1) is 27.3. The van der Waals surface area contributed by atoms with E-state index in [1.807, 2.05) is 24.3 Å². The van der Waals surface area contributed by atoms with Crippen LogP contribution in [0.2, 0.25) is 0 Å². The van der Waals surface area contributed by atoms with Gasteiger partial charge in [0.2, 0.25) is 0 Å². The molecule has 1 amide bonds. The highest BCUT2D eigenvalue weighted by Crippen LogP contribution is 2.58. The lowest BCUT2D eigenvalue weighted by Crippen LogP contribution is -2.27. The molecule has 1 aliphatic carbocycles. The summed E-state index contributed by atoms with van der Waals surface area (Å²) in [6, 6.07) is 16.3. The van der Waals surface area contributed by atoms with Crippen LogP contribution in [0.4, 0.5) is 4.79 Å². The summed E-state index contributed by atoms with van der Waals surface area (Å²) >= 11 is 0. The van der Waals surface area contributed by atoms with Gasteiger partial charge in [0, 0.05) is 24.9 Å². The van der Waals surface area contributed by atoms with Gasteiger partial charge in [0.15, 0.2) is 0 Å². The first-order valence-corrected chi connectivity index (χ1v) is 15.7. The van der Waals surface area contributed by atoms with Crippen molar-refractivity contribution in [2.75, 3.05) is 25.7 Å². The fraction of sp³-hybridized carbons (Fsp3) is 0.360. The Balaban J connectivity index is 1.09. The van der Waals surface area contributed by atoms with Crippen molar-refractivity contribution in [3.05, 3.63) is 78.4 Å². The molecule has 198 valence electrons. The largest absolute Gasteiger partial charge is 0.449 e. The van der Waals surface area contributed by atoms with Crippen LogP contribution in [0, 0.1) is 0 Å². The third-order valence-corrected chi connectivity index (χ3v) is 10.6. The quantitative estimate of drug-likeness (QED) is 0.197. The number of aromatic nitrogens is 2. The number of fused-ring (bicyclic) bond motifs is 3. The van der Waals surface area contributed by atoms with Gasteiger partial charge >= 0.3 is 21.2 Å². The van der Waals surface area contributed by atoms with Gasteiger partial charge in [0.25, 0.3) is 0 Å². The molecule has 0 saturated carbocycles. The average molecular weight is 547 g/mol. The van der Waals surface area contributed by atoms with Crippen LogP contribution in [0.3, 0.4) is 0 Å². The summed E-state index contributed by atoms with van der Waals surface area (Å²) in [5.74, 6) is -0.860. The number of alkyl carbamates (subject to hydrolysis) is 1. The number of ether oxygens (including phenoxy) is 1. The smallest absolute Gasteiger partial charge is 0.407 e. The first-order valence-electron chi connectivity index (χ1n) is 12.1. The monoisotopic (exact) mass is 547 g/mol. The molecule has 0 fully saturated rings. The van der Waals surface area contributed by atoms with E-state index in [-0.39, 0.29) is 19.1 Å². The van der Waals surface area contributed by atoms with E-state index in [1.165, 1.54) is 23.5 Å². The summed E-state index contributed by atoms with van der Waals surface area (Å²) < 4.78 is 35.8.